The fourth-order valence-corrected chi connectivity index (χ4v) is 5.39. The van der Waals surface area contributed by atoms with E-state index in [1.807, 2.05) is 10.7 Å². The highest BCUT2D eigenvalue weighted by atomic mass is 16.5. The molecular weight excluding hydrogens is 250 g/mol. The summed E-state index contributed by atoms with van der Waals surface area (Å²) in [4.78, 5) is 0. The van der Waals surface area contributed by atoms with Crippen molar-refractivity contribution in [1.82, 2.24) is 9.78 Å². The van der Waals surface area contributed by atoms with Crippen LogP contribution in [0.4, 0.5) is 0 Å². The van der Waals surface area contributed by atoms with Gasteiger partial charge in [-0.25, -0.2) is 4.68 Å². The van der Waals surface area contributed by atoms with Crippen molar-refractivity contribution in [2.45, 2.75) is 44.8 Å². The number of methoxy groups -OCH3 is 1. The van der Waals surface area contributed by atoms with Crippen molar-refractivity contribution in [2.75, 3.05) is 7.11 Å². The first kappa shape index (κ1) is 12.4. The van der Waals surface area contributed by atoms with Gasteiger partial charge in [-0.1, -0.05) is 0 Å². The molecule has 1 aromatic rings. The largest absolute Gasteiger partial charge is 0.362 e. The molecule has 4 aliphatic carbocycles. The number of aromatic nitrogens is 2. The summed E-state index contributed by atoms with van der Waals surface area (Å²) in [6, 6.07) is 4.19. The summed E-state index contributed by atoms with van der Waals surface area (Å²) in [6.45, 7) is 0.458. The Hall–Kier alpha value is -1.34. The molecule has 0 N–H and O–H groups in total. The SMILES string of the molecule is COCn1nc(C#N)cc1C1C2CC3CC(C2)CC1C3. The Kier molecular flexibility index (Phi) is 2.85. The lowest BCUT2D eigenvalue weighted by Crippen LogP contribution is -2.44. The van der Waals surface area contributed by atoms with Crippen LogP contribution in [-0.4, -0.2) is 16.9 Å². The third-order valence-electron chi connectivity index (χ3n) is 5.75. The predicted molar refractivity (Wildman–Crippen MR) is 73.7 cm³/mol. The third-order valence-corrected chi connectivity index (χ3v) is 5.75. The molecular formula is C16H21N3O. The van der Waals surface area contributed by atoms with Crippen LogP contribution >= 0.6 is 0 Å². The van der Waals surface area contributed by atoms with Crippen LogP contribution < -0.4 is 0 Å². The van der Waals surface area contributed by atoms with Gasteiger partial charge in [0.15, 0.2) is 5.69 Å². The maximum Gasteiger partial charge on any atom is 0.162 e. The van der Waals surface area contributed by atoms with Crippen molar-refractivity contribution >= 4 is 0 Å². The maximum atomic E-state index is 9.13. The van der Waals surface area contributed by atoms with E-state index in [1.165, 1.54) is 37.8 Å². The molecule has 0 spiro atoms. The van der Waals surface area contributed by atoms with Crippen LogP contribution in [0.1, 0.15) is 49.4 Å². The van der Waals surface area contributed by atoms with Gasteiger partial charge < -0.3 is 4.74 Å². The van der Waals surface area contributed by atoms with Crippen LogP contribution in [-0.2, 0) is 11.5 Å². The Morgan fingerprint density at radius 2 is 1.90 bits per heavy atom. The van der Waals surface area contributed by atoms with Crippen molar-refractivity contribution in [3.05, 3.63) is 17.5 Å². The summed E-state index contributed by atoms with van der Waals surface area (Å²) in [5, 5.41) is 13.5. The zero-order valence-corrected chi connectivity index (χ0v) is 12.0. The van der Waals surface area contributed by atoms with E-state index in [9.17, 15) is 0 Å². The molecule has 0 radical (unpaired) electrons. The minimum atomic E-state index is 0.458. The molecule has 1 aromatic heterocycles. The fraction of sp³-hybridized carbons (Fsp3) is 0.750. The second kappa shape index (κ2) is 4.60. The molecule has 0 saturated heterocycles. The third kappa shape index (κ3) is 1.80. The van der Waals surface area contributed by atoms with E-state index in [-0.39, 0.29) is 0 Å². The van der Waals surface area contributed by atoms with E-state index in [1.54, 1.807) is 7.11 Å². The van der Waals surface area contributed by atoms with Crippen molar-refractivity contribution in [3.8, 4) is 6.07 Å². The zero-order valence-electron chi connectivity index (χ0n) is 12.0. The number of hydrogen-bond donors (Lipinski definition) is 0. The smallest absolute Gasteiger partial charge is 0.162 e. The maximum absolute atomic E-state index is 9.13. The first-order chi connectivity index (χ1) is 9.78. The summed E-state index contributed by atoms with van der Waals surface area (Å²) in [6.07, 6.45) is 7.02. The van der Waals surface area contributed by atoms with Gasteiger partial charge in [-0.2, -0.15) is 10.4 Å². The first-order valence-corrected chi connectivity index (χ1v) is 7.75. The van der Waals surface area contributed by atoms with Crippen molar-refractivity contribution < 1.29 is 4.74 Å². The van der Waals surface area contributed by atoms with E-state index < -0.39 is 0 Å². The first-order valence-electron chi connectivity index (χ1n) is 7.75. The number of ether oxygens (including phenoxy) is 1. The highest BCUT2D eigenvalue weighted by Crippen LogP contribution is 2.59. The molecule has 0 aromatic carbocycles. The average Bonchev–Trinajstić information content (AvgIpc) is 2.81. The van der Waals surface area contributed by atoms with Gasteiger partial charge in [0, 0.05) is 18.7 Å². The molecule has 5 rings (SSSR count). The van der Waals surface area contributed by atoms with Crippen molar-refractivity contribution in [1.29, 1.82) is 5.26 Å². The van der Waals surface area contributed by atoms with E-state index in [2.05, 4.69) is 11.2 Å². The van der Waals surface area contributed by atoms with Gasteiger partial charge in [0.05, 0.1) is 0 Å². The minimum absolute atomic E-state index is 0.458. The Morgan fingerprint density at radius 3 is 2.45 bits per heavy atom. The number of nitriles is 1. The van der Waals surface area contributed by atoms with Gasteiger partial charge in [0.1, 0.15) is 12.8 Å². The molecule has 106 valence electrons. The summed E-state index contributed by atoms with van der Waals surface area (Å²) in [5.41, 5.74) is 1.78. The number of hydrogen-bond acceptors (Lipinski definition) is 3. The van der Waals surface area contributed by atoms with Crippen molar-refractivity contribution in [3.63, 3.8) is 0 Å². The Bertz CT molecular complexity index is 529. The Labute approximate surface area is 119 Å². The van der Waals surface area contributed by atoms with Gasteiger partial charge in [0.2, 0.25) is 0 Å². The molecule has 0 unspecified atom stereocenters. The normalized spacial score (nSPS) is 38.1. The summed E-state index contributed by atoms with van der Waals surface area (Å²) >= 11 is 0. The lowest BCUT2D eigenvalue weighted by molar-refractivity contribution is -0.00812. The van der Waals surface area contributed by atoms with E-state index in [0.29, 0.717) is 18.3 Å². The lowest BCUT2D eigenvalue weighted by atomic mass is 9.51. The molecule has 4 bridgehead atoms. The molecule has 20 heavy (non-hydrogen) atoms. The molecule has 4 aliphatic rings. The highest BCUT2D eigenvalue weighted by molar-refractivity contribution is 5.27. The van der Waals surface area contributed by atoms with Crippen LogP contribution in [0.15, 0.2) is 6.07 Å². The molecule has 0 atom stereocenters. The van der Waals surface area contributed by atoms with E-state index in [0.717, 1.165) is 23.7 Å². The van der Waals surface area contributed by atoms with Crippen LogP contribution in [0, 0.1) is 35.0 Å². The molecule has 0 aliphatic heterocycles. The minimum Gasteiger partial charge on any atom is -0.362 e. The fourth-order valence-electron chi connectivity index (χ4n) is 5.39. The van der Waals surface area contributed by atoms with Gasteiger partial charge in [-0.3, -0.25) is 0 Å². The second-order valence-corrected chi connectivity index (χ2v) is 6.94. The zero-order chi connectivity index (χ0) is 13.7. The monoisotopic (exact) mass is 271 g/mol. The predicted octanol–water partition coefficient (Wildman–Crippen LogP) is 2.90. The number of rotatable bonds is 3. The standard InChI is InChI=1S/C16H21N3O/c1-20-9-19-15(7-14(8-17)18-19)16-12-3-10-2-11(5-12)6-13(16)4-10/h7,10-13,16H,2-6,9H2,1H3. The molecule has 4 nitrogen and oxygen atoms in total. The molecule has 4 fully saturated rings. The van der Waals surface area contributed by atoms with Gasteiger partial charge in [-0.05, 0) is 61.8 Å². The molecule has 4 heteroatoms. The lowest BCUT2D eigenvalue weighted by Gasteiger charge is -2.54. The van der Waals surface area contributed by atoms with Gasteiger partial charge in [0.25, 0.3) is 0 Å². The van der Waals surface area contributed by atoms with Crippen LogP contribution in [0.3, 0.4) is 0 Å². The van der Waals surface area contributed by atoms with Gasteiger partial charge in [-0.15, -0.1) is 0 Å². The van der Waals surface area contributed by atoms with E-state index >= 15 is 0 Å². The van der Waals surface area contributed by atoms with E-state index in [4.69, 9.17) is 10.00 Å². The second-order valence-electron chi connectivity index (χ2n) is 6.94. The Balaban J connectivity index is 1.70. The van der Waals surface area contributed by atoms with Crippen LogP contribution in [0.5, 0.6) is 0 Å². The molecule has 4 saturated carbocycles. The van der Waals surface area contributed by atoms with Crippen LogP contribution in [0.25, 0.3) is 0 Å². The topological polar surface area (TPSA) is 50.8 Å². The summed E-state index contributed by atoms with van der Waals surface area (Å²) in [7, 11) is 1.69. The highest BCUT2D eigenvalue weighted by Gasteiger charge is 2.49. The van der Waals surface area contributed by atoms with Crippen LogP contribution in [0.2, 0.25) is 0 Å². The number of nitrogens with zero attached hydrogens (tertiary/aromatic N) is 3. The summed E-state index contributed by atoms with van der Waals surface area (Å²) in [5.74, 6) is 4.17. The summed E-state index contributed by atoms with van der Waals surface area (Å²) < 4.78 is 7.18. The van der Waals surface area contributed by atoms with Gasteiger partial charge >= 0.3 is 0 Å². The Morgan fingerprint density at radius 1 is 1.25 bits per heavy atom. The average molecular weight is 271 g/mol. The molecule has 1 heterocycles. The molecule has 0 amide bonds. The van der Waals surface area contributed by atoms with Crippen molar-refractivity contribution in [2.24, 2.45) is 23.7 Å². The quantitative estimate of drug-likeness (QED) is 0.849.